The molecule has 2 aromatic rings. The van der Waals surface area contributed by atoms with Gasteiger partial charge in [0.15, 0.2) is 11.5 Å². The number of phenolic OH excluding ortho intramolecular Hbond substituents is 1. The number of carbonyl (C=O) groups is 1. The summed E-state index contributed by atoms with van der Waals surface area (Å²) in [5, 5.41) is 14.4. The van der Waals surface area contributed by atoms with Gasteiger partial charge in [-0.1, -0.05) is 24.3 Å². The molecule has 1 amide bonds. The molecule has 0 saturated carbocycles. The van der Waals surface area contributed by atoms with Crippen molar-refractivity contribution in [1.82, 2.24) is 10.2 Å². The number of hydrogen-bond donors (Lipinski definition) is 2. The Morgan fingerprint density at radius 3 is 2.62 bits per heavy atom. The van der Waals surface area contributed by atoms with Gasteiger partial charge in [0.25, 0.3) is 0 Å². The maximum Gasteiger partial charge on any atom is 0.409 e. The summed E-state index contributed by atoms with van der Waals surface area (Å²) >= 11 is 0. The van der Waals surface area contributed by atoms with Crippen LogP contribution in [0.2, 0.25) is 0 Å². The molecule has 1 atom stereocenters. The SMILES string of the molecule is CCOC(=O)N1CCC2(CC1)N=C(c1ccc(F)cc1)C[C@H](c1cccc(OC)c1O)N2. The number of aliphatic imine (C=N–C) groups is 1. The van der Waals surface area contributed by atoms with Gasteiger partial charge in [0.05, 0.1) is 13.7 Å². The summed E-state index contributed by atoms with van der Waals surface area (Å²) < 4.78 is 23.9. The van der Waals surface area contributed by atoms with E-state index in [4.69, 9.17) is 14.5 Å². The van der Waals surface area contributed by atoms with E-state index in [1.165, 1.54) is 19.2 Å². The summed E-state index contributed by atoms with van der Waals surface area (Å²) in [6, 6.07) is 11.5. The van der Waals surface area contributed by atoms with Crippen LogP contribution in [0.5, 0.6) is 11.5 Å². The van der Waals surface area contributed by atoms with Gasteiger partial charge in [-0.15, -0.1) is 0 Å². The number of nitrogens with one attached hydrogen (secondary N) is 1. The molecule has 32 heavy (non-hydrogen) atoms. The predicted octanol–water partition coefficient (Wildman–Crippen LogP) is 4.01. The van der Waals surface area contributed by atoms with Crippen molar-refractivity contribution in [3.8, 4) is 11.5 Å². The molecule has 170 valence electrons. The molecule has 0 bridgehead atoms. The topological polar surface area (TPSA) is 83.4 Å². The van der Waals surface area contributed by atoms with Gasteiger partial charge >= 0.3 is 6.09 Å². The Morgan fingerprint density at radius 1 is 1.25 bits per heavy atom. The van der Waals surface area contributed by atoms with Gasteiger partial charge in [0, 0.05) is 49.7 Å². The minimum Gasteiger partial charge on any atom is -0.504 e. The second-order valence-electron chi connectivity index (χ2n) is 8.08. The van der Waals surface area contributed by atoms with E-state index < -0.39 is 5.66 Å². The van der Waals surface area contributed by atoms with E-state index in [2.05, 4.69) is 5.32 Å². The zero-order valence-corrected chi connectivity index (χ0v) is 18.3. The van der Waals surface area contributed by atoms with Crippen LogP contribution in [0.15, 0.2) is 47.5 Å². The normalized spacial score (nSPS) is 20.0. The lowest BCUT2D eigenvalue weighted by Crippen LogP contribution is -2.56. The van der Waals surface area contributed by atoms with E-state index in [1.54, 1.807) is 30.0 Å². The largest absolute Gasteiger partial charge is 0.504 e. The first-order valence-electron chi connectivity index (χ1n) is 10.8. The number of piperidine rings is 1. The number of phenols is 1. The third-order valence-electron chi connectivity index (χ3n) is 6.11. The van der Waals surface area contributed by atoms with Gasteiger partial charge in [-0.2, -0.15) is 0 Å². The number of methoxy groups -OCH3 is 1. The Morgan fingerprint density at radius 2 is 1.97 bits per heavy atom. The van der Waals surface area contributed by atoms with Crippen LogP contribution in [0.3, 0.4) is 0 Å². The fraction of sp³-hybridized carbons (Fsp3) is 0.417. The Kier molecular flexibility index (Phi) is 6.32. The van der Waals surface area contributed by atoms with Crippen molar-refractivity contribution in [3.63, 3.8) is 0 Å². The van der Waals surface area contributed by atoms with Crippen LogP contribution in [-0.2, 0) is 4.74 Å². The summed E-state index contributed by atoms with van der Waals surface area (Å²) in [7, 11) is 1.52. The van der Waals surface area contributed by atoms with Crippen molar-refractivity contribution in [2.45, 2.75) is 37.9 Å². The first-order chi connectivity index (χ1) is 15.4. The summed E-state index contributed by atoms with van der Waals surface area (Å²) in [6.07, 6.45) is 1.40. The highest BCUT2D eigenvalue weighted by Crippen LogP contribution is 2.40. The number of aromatic hydroxyl groups is 1. The molecular weight excluding hydrogens is 413 g/mol. The molecule has 2 heterocycles. The van der Waals surface area contributed by atoms with Crippen molar-refractivity contribution in [2.75, 3.05) is 26.8 Å². The molecule has 7 nitrogen and oxygen atoms in total. The molecule has 1 fully saturated rings. The Hall–Kier alpha value is -3.13. The van der Waals surface area contributed by atoms with E-state index in [-0.39, 0.29) is 23.7 Å². The van der Waals surface area contributed by atoms with Crippen molar-refractivity contribution < 1.29 is 23.8 Å². The fourth-order valence-electron chi connectivity index (χ4n) is 4.43. The Balaban J connectivity index is 1.67. The predicted molar refractivity (Wildman–Crippen MR) is 119 cm³/mol. The van der Waals surface area contributed by atoms with Crippen molar-refractivity contribution in [1.29, 1.82) is 0 Å². The minimum absolute atomic E-state index is 0.0898. The average Bonchev–Trinajstić information content (AvgIpc) is 2.80. The smallest absolute Gasteiger partial charge is 0.409 e. The number of amides is 1. The van der Waals surface area contributed by atoms with Crippen LogP contribution in [0.1, 0.15) is 43.4 Å². The molecule has 1 spiro atoms. The molecule has 2 aliphatic heterocycles. The highest BCUT2D eigenvalue weighted by molar-refractivity contribution is 6.01. The maximum absolute atomic E-state index is 13.5. The molecule has 1 saturated heterocycles. The number of rotatable bonds is 4. The monoisotopic (exact) mass is 441 g/mol. The highest BCUT2D eigenvalue weighted by Gasteiger charge is 2.41. The lowest BCUT2D eigenvalue weighted by atomic mass is 9.87. The standard InChI is InChI=1S/C24H28FN3O4/c1-3-32-23(30)28-13-11-24(12-14-28)26-19(16-7-9-17(25)10-8-16)15-20(27-24)18-5-4-6-21(31-2)22(18)29/h4-10,20,27,29H,3,11-15H2,1-2H3/t20-/m1/s1. The maximum atomic E-state index is 13.5. The summed E-state index contributed by atoms with van der Waals surface area (Å²) in [5.74, 6) is 0.191. The van der Waals surface area contributed by atoms with Crippen LogP contribution in [0, 0.1) is 5.82 Å². The molecule has 2 aliphatic rings. The van der Waals surface area contributed by atoms with Gasteiger partial charge in [-0.25, -0.2) is 9.18 Å². The first-order valence-corrected chi connectivity index (χ1v) is 10.8. The minimum atomic E-state index is -0.606. The van der Waals surface area contributed by atoms with Gasteiger partial charge < -0.3 is 19.5 Å². The van der Waals surface area contributed by atoms with Crippen molar-refractivity contribution >= 4 is 11.8 Å². The van der Waals surface area contributed by atoms with Crippen LogP contribution >= 0.6 is 0 Å². The van der Waals surface area contributed by atoms with E-state index in [1.807, 2.05) is 12.1 Å². The Bertz CT molecular complexity index is 1000. The molecule has 4 rings (SSSR count). The number of halogens is 1. The number of hydrogen-bond acceptors (Lipinski definition) is 6. The third kappa shape index (κ3) is 4.41. The number of likely N-dealkylation sites (tertiary alicyclic amines) is 1. The summed E-state index contributed by atoms with van der Waals surface area (Å²) in [6.45, 7) is 3.13. The average molecular weight is 442 g/mol. The number of ether oxygens (including phenoxy) is 2. The zero-order chi connectivity index (χ0) is 22.7. The third-order valence-corrected chi connectivity index (χ3v) is 6.11. The second-order valence-corrected chi connectivity index (χ2v) is 8.08. The lowest BCUT2D eigenvalue weighted by Gasteiger charge is -2.45. The van der Waals surface area contributed by atoms with E-state index in [0.717, 1.165) is 11.3 Å². The summed E-state index contributed by atoms with van der Waals surface area (Å²) in [5.41, 5.74) is 1.78. The Labute approximate surface area is 186 Å². The van der Waals surface area contributed by atoms with E-state index in [9.17, 15) is 14.3 Å². The zero-order valence-electron chi connectivity index (χ0n) is 18.3. The van der Waals surface area contributed by atoms with Crippen LogP contribution in [0.4, 0.5) is 9.18 Å². The van der Waals surface area contributed by atoms with Gasteiger partial charge in [-0.3, -0.25) is 10.3 Å². The molecule has 2 N–H and O–H groups in total. The van der Waals surface area contributed by atoms with Gasteiger partial charge in [0.2, 0.25) is 0 Å². The summed E-state index contributed by atoms with van der Waals surface area (Å²) in [4.78, 5) is 18.9. The lowest BCUT2D eigenvalue weighted by molar-refractivity contribution is 0.0778. The number of nitrogens with zero attached hydrogens (tertiary/aromatic N) is 2. The molecule has 2 aromatic carbocycles. The van der Waals surface area contributed by atoms with Crippen LogP contribution in [-0.4, -0.2) is 54.3 Å². The van der Waals surface area contributed by atoms with Crippen LogP contribution in [0.25, 0.3) is 0 Å². The number of carbonyl (C=O) groups excluding carboxylic acids is 1. The van der Waals surface area contributed by atoms with Crippen molar-refractivity contribution in [2.24, 2.45) is 4.99 Å². The molecule has 0 aromatic heterocycles. The highest BCUT2D eigenvalue weighted by atomic mass is 19.1. The number of para-hydroxylation sites is 1. The number of benzene rings is 2. The quantitative estimate of drug-likeness (QED) is 0.749. The molecule has 0 aliphatic carbocycles. The molecule has 8 heteroatoms. The van der Waals surface area contributed by atoms with E-state index >= 15 is 0 Å². The molecule has 0 unspecified atom stereocenters. The van der Waals surface area contributed by atoms with Crippen LogP contribution < -0.4 is 10.1 Å². The van der Waals surface area contributed by atoms with Gasteiger partial charge in [-0.05, 0) is 30.7 Å². The van der Waals surface area contributed by atoms with Gasteiger partial charge in [0.1, 0.15) is 11.5 Å². The van der Waals surface area contributed by atoms with Crippen molar-refractivity contribution in [3.05, 3.63) is 59.4 Å². The second kappa shape index (κ2) is 9.16. The van der Waals surface area contributed by atoms with E-state index in [0.29, 0.717) is 50.3 Å². The first kappa shape index (κ1) is 22.1. The molecular formula is C24H28FN3O4. The fourth-order valence-corrected chi connectivity index (χ4v) is 4.43. The molecule has 0 radical (unpaired) electrons.